The minimum absolute atomic E-state index is 0.00680. The van der Waals surface area contributed by atoms with E-state index >= 15 is 0 Å². The van der Waals surface area contributed by atoms with Crippen LogP contribution in [0.25, 0.3) is 22.3 Å². The van der Waals surface area contributed by atoms with Crippen LogP contribution in [0.15, 0.2) is 82.3 Å². The number of fused-ring (bicyclic) bond motifs is 1. The van der Waals surface area contributed by atoms with E-state index in [1.54, 1.807) is 22.7 Å². The number of likely N-dealkylation sites (tertiary alicyclic amines) is 1. The molecule has 1 aliphatic rings. The summed E-state index contributed by atoms with van der Waals surface area (Å²) in [4.78, 5) is 43.7. The molecule has 0 atom stereocenters. The number of nitrogens with two attached hydrogens (primary N) is 1. The zero-order valence-electron chi connectivity index (χ0n) is 23.2. The number of carboxylic acid groups (broad SMARTS) is 1. The number of anilines is 2. The number of nitrogens with one attached hydrogen (secondary N) is 1. The van der Waals surface area contributed by atoms with Crippen LogP contribution in [0, 0.1) is 6.92 Å². The third kappa shape index (κ3) is 5.25. The normalized spacial score (nSPS) is 13.8. The van der Waals surface area contributed by atoms with Gasteiger partial charge in [-0.3, -0.25) is 14.2 Å². The average Bonchev–Trinajstić information content (AvgIpc) is 3.41. The molecule has 1 fully saturated rings. The first-order chi connectivity index (χ1) is 20.7. The molecule has 6 rings (SSSR count). The second-order valence-electron chi connectivity index (χ2n) is 10.4. The Morgan fingerprint density at radius 3 is 2.42 bits per heavy atom. The molecule has 4 N–H and O–H groups in total. The van der Waals surface area contributed by atoms with E-state index in [9.17, 15) is 19.5 Å². The zero-order valence-corrected chi connectivity index (χ0v) is 24.8. The summed E-state index contributed by atoms with van der Waals surface area (Å²) in [6.07, 6.45) is 1.85. The van der Waals surface area contributed by atoms with E-state index in [1.165, 1.54) is 15.8 Å². The van der Waals surface area contributed by atoms with Gasteiger partial charge in [0.05, 0.1) is 0 Å². The molecule has 2 amide bonds. The van der Waals surface area contributed by atoms with Crippen molar-refractivity contribution in [3.05, 3.63) is 105 Å². The molecule has 1 saturated heterocycles. The molecule has 0 aliphatic carbocycles. The number of hydrogen-bond acceptors (Lipinski definition) is 6. The van der Waals surface area contributed by atoms with Crippen molar-refractivity contribution in [3.63, 3.8) is 0 Å². The lowest BCUT2D eigenvalue weighted by Crippen LogP contribution is -2.37. The third-order valence-electron chi connectivity index (χ3n) is 7.89. The summed E-state index contributed by atoms with van der Waals surface area (Å²) in [5, 5.41) is 16.6. The van der Waals surface area contributed by atoms with Gasteiger partial charge < -0.3 is 21.1 Å². The fourth-order valence-electron chi connectivity index (χ4n) is 5.62. The van der Waals surface area contributed by atoms with Gasteiger partial charge in [0.15, 0.2) is 5.82 Å². The van der Waals surface area contributed by atoms with Crippen molar-refractivity contribution >= 4 is 45.0 Å². The Morgan fingerprint density at radius 2 is 1.74 bits per heavy atom. The molecule has 218 valence electrons. The predicted molar refractivity (Wildman–Crippen MR) is 167 cm³/mol. The minimum Gasteiger partial charge on any atom is -0.465 e. The Hall–Kier alpha value is -4.97. The standard InChI is InChI=1S/C31H28BrN7O4/c1-18-25(32)15-24(30(41)38(18)22-5-3-2-4-6-22)29(40)36-21-9-7-19(8-10-21)23-16-26(39-27(23)28(33)34-17-35-39)20-11-13-37(14-12-20)31(42)43/h2-10,15-17,20H,11-14H2,1H3,(H,36,40)(H,42,43)(H2,33,34,35). The largest absolute Gasteiger partial charge is 0.465 e. The van der Waals surface area contributed by atoms with Crippen molar-refractivity contribution in [1.82, 2.24) is 24.1 Å². The van der Waals surface area contributed by atoms with Gasteiger partial charge >= 0.3 is 6.09 Å². The number of para-hydroxylation sites is 1. The fraction of sp³-hybridized carbons (Fsp3) is 0.194. The predicted octanol–water partition coefficient (Wildman–Crippen LogP) is 5.31. The first-order valence-electron chi connectivity index (χ1n) is 13.7. The molecule has 3 aromatic heterocycles. The Bertz CT molecular complexity index is 1910. The number of halogens is 1. The monoisotopic (exact) mass is 641 g/mol. The van der Waals surface area contributed by atoms with E-state index in [0.717, 1.165) is 16.8 Å². The van der Waals surface area contributed by atoms with Crippen LogP contribution in [0.1, 0.15) is 40.5 Å². The lowest BCUT2D eigenvalue weighted by Gasteiger charge is -2.29. The van der Waals surface area contributed by atoms with Gasteiger partial charge in [-0.05, 0) is 77.7 Å². The van der Waals surface area contributed by atoms with Crippen molar-refractivity contribution in [1.29, 1.82) is 0 Å². The van der Waals surface area contributed by atoms with E-state index in [0.29, 0.717) is 58.8 Å². The average molecular weight is 643 g/mol. The van der Waals surface area contributed by atoms with Crippen molar-refractivity contribution < 1.29 is 14.7 Å². The van der Waals surface area contributed by atoms with Crippen LogP contribution in [-0.2, 0) is 0 Å². The second kappa shape index (κ2) is 11.4. The fourth-order valence-corrected chi connectivity index (χ4v) is 6.03. The number of amides is 2. The van der Waals surface area contributed by atoms with Gasteiger partial charge in [0.1, 0.15) is 17.4 Å². The number of carbonyl (C=O) groups is 2. The maximum absolute atomic E-state index is 13.4. The smallest absolute Gasteiger partial charge is 0.407 e. The number of hydrogen-bond donors (Lipinski definition) is 3. The van der Waals surface area contributed by atoms with E-state index < -0.39 is 17.6 Å². The molecule has 5 aromatic rings. The Labute approximate surface area is 254 Å². The van der Waals surface area contributed by atoms with Crippen LogP contribution < -0.4 is 16.6 Å². The molecule has 43 heavy (non-hydrogen) atoms. The molecule has 0 spiro atoms. The van der Waals surface area contributed by atoms with Gasteiger partial charge in [0.2, 0.25) is 0 Å². The molecule has 4 heterocycles. The Kier molecular flexibility index (Phi) is 7.45. The SMILES string of the molecule is Cc1c(Br)cc(C(=O)Nc2ccc(-c3cc(C4CCN(C(=O)O)CC4)n4ncnc(N)c34)cc2)c(=O)n1-c1ccccc1. The summed E-state index contributed by atoms with van der Waals surface area (Å²) in [7, 11) is 0. The summed E-state index contributed by atoms with van der Waals surface area (Å²) in [6, 6.07) is 20.0. The number of rotatable bonds is 5. The molecule has 12 heteroatoms. The highest BCUT2D eigenvalue weighted by Gasteiger charge is 2.27. The Balaban J connectivity index is 1.28. The van der Waals surface area contributed by atoms with Crippen LogP contribution in [0.4, 0.5) is 16.3 Å². The van der Waals surface area contributed by atoms with Gasteiger partial charge in [0.25, 0.3) is 11.5 Å². The quantitative estimate of drug-likeness (QED) is 0.235. The number of nitrogen functional groups attached to an aromatic ring is 1. The molecular weight excluding hydrogens is 614 g/mol. The van der Waals surface area contributed by atoms with Crippen LogP contribution in [0.3, 0.4) is 0 Å². The van der Waals surface area contributed by atoms with Crippen molar-refractivity contribution in [2.24, 2.45) is 0 Å². The molecular formula is C31H28BrN7O4. The maximum Gasteiger partial charge on any atom is 0.407 e. The molecule has 1 aliphatic heterocycles. The molecule has 0 saturated carbocycles. The number of benzene rings is 2. The third-order valence-corrected chi connectivity index (χ3v) is 8.70. The van der Waals surface area contributed by atoms with Crippen molar-refractivity contribution in [3.8, 4) is 16.8 Å². The molecule has 0 unspecified atom stereocenters. The first-order valence-corrected chi connectivity index (χ1v) is 14.5. The molecule has 2 aromatic carbocycles. The number of pyridine rings is 1. The van der Waals surface area contributed by atoms with Gasteiger partial charge in [-0.2, -0.15) is 5.10 Å². The van der Waals surface area contributed by atoms with Crippen LogP contribution in [0.2, 0.25) is 0 Å². The topological polar surface area (TPSA) is 148 Å². The molecule has 0 radical (unpaired) electrons. The highest BCUT2D eigenvalue weighted by Crippen LogP contribution is 2.37. The first kappa shape index (κ1) is 28.2. The van der Waals surface area contributed by atoms with Gasteiger partial charge in [-0.25, -0.2) is 14.3 Å². The Morgan fingerprint density at radius 1 is 1.05 bits per heavy atom. The second-order valence-corrected chi connectivity index (χ2v) is 11.3. The lowest BCUT2D eigenvalue weighted by atomic mass is 9.93. The summed E-state index contributed by atoms with van der Waals surface area (Å²) >= 11 is 3.49. The van der Waals surface area contributed by atoms with Crippen LogP contribution in [0.5, 0.6) is 0 Å². The van der Waals surface area contributed by atoms with E-state index in [1.807, 2.05) is 55.5 Å². The summed E-state index contributed by atoms with van der Waals surface area (Å²) in [5.41, 5.74) is 11.1. The van der Waals surface area contributed by atoms with Crippen LogP contribution >= 0.6 is 15.9 Å². The zero-order chi connectivity index (χ0) is 30.2. The highest BCUT2D eigenvalue weighted by molar-refractivity contribution is 9.10. The van der Waals surface area contributed by atoms with Gasteiger partial charge in [-0.15, -0.1) is 0 Å². The van der Waals surface area contributed by atoms with E-state index in [-0.39, 0.29) is 11.5 Å². The van der Waals surface area contributed by atoms with Gasteiger partial charge in [-0.1, -0.05) is 30.3 Å². The van der Waals surface area contributed by atoms with Crippen LogP contribution in [-0.4, -0.2) is 54.3 Å². The summed E-state index contributed by atoms with van der Waals surface area (Å²) in [5.74, 6) is -0.0835. The lowest BCUT2D eigenvalue weighted by molar-refractivity contribution is 0.102. The molecule has 11 nitrogen and oxygen atoms in total. The van der Waals surface area contributed by atoms with E-state index in [4.69, 9.17) is 5.73 Å². The number of aromatic nitrogens is 4. The number of carbonyl (C=O) groups excluding carboxylic acids is 1. The number of piperidine rings is 1. The summed E-state index contributed by atoms with van der Waals surface area (Å²) in [6.45, 7) is 2.71. The maximum atomic E-state index is 13.4. The number of nitrogens with zero attached hydrogens (tertiary/aromatic N) is 5. The highest BCUT2D eigenvalue weighted by atomic mass is 79.9. The van der Waals surface area contributed by atoms with Crippen molar-refractivity contribution in [2.45, 2.75) is 25.7 Å². The van der Waals surface area contributed by atoms with Crippen molar-refractivity contribution in [2.75, 3.05) is 24.1 Å². The molecule has 0 bridgehead atoms. The van der Waals surface area contributed by atoms with Gasteiger partial charge in [0, 0.05) is 51.8 Å². The minimum atomic E-state index is -0.908. The summed E-state index contributed by atoms with van der Waals surface area (Å²) < 4.78 is 3.94. The van der Waals surface area contributed by atoms with E-state index in [2.05, 4.69) is 31.3 Å².